The highest BCUT2D eigenvalue weighted by Gasteiger charge is 2.25. The molecule has 4 rings (SSSR count). The van der Waals surface area contributed by atoms with E-state index < -0.39 is 0 Å². The molecule has 1 atom stereocenters. The average Bonchev–Trinajstić information content (AvgIpc) is 2.84. The second-order valence-corrected chi connectivity index (χ2v) is 7.12. The summed E-state index contributed by atoms with van der Waals surface area (Å²) in [6.07, 6.45) is 4.46. The molecule has 5 heteroatoms. The number of anilines is 2. The van der Waals surface area contributed by atoms with Crippen molar-refractivity contribution in [1.82, 2.24) is 15.0 Å². The summed E-state index contributed by atoms with van der Waals surface area (Å²) in [5.74, 6) is 1.76. The van der Waals surface area contributed by atoms with E-state index in [2.05, 4.69) is 66.0 Å². The normalized spacial score (nSPS) is 16.8. The molecule has 0 bridgehead atoms. The number of nitrogens with zero attached hydrogens (tertiary/aromatic N) is 5. The highest BCUT2D eigenvalue weighted by molar-refractivity contribution is 5.60. The molecule has 27 heavy (non-hydrogen) atoms. The van der Waals surface area contributed by atoms with E-state index in [9.17, 15) is 0 Å². The predicted molar refractivity (Wildman–Crippen MR) is 110 cm³/mol. The van der Waals surface area contributed by atoms with E-state index in [-0.39, 0.29) is 0 Å². The van der Waals surface area contributed by atoms with Gasteiger partial charge in [-0.25, -0.2) is 9.97 Å². The SMILES string of the molecule is CCc1cc(N2Cc3ccccc3N(C)CC2C)nc(-c2ccncc2)n1. The highest BCUT2D eigenvalue weighted by atomic mass is 15.3. The summed E-state index contributed by atoms with van der Waals surface area (Å²) >= 11 is 0. The molecule has 0 amide bonds. The molecule has 0 spiro atoms. The van der Waals surface area contributed by atoms with E-state index >= 15 is 0 Å². The lowest BCUT2D eigenvalue weighted by Gasteiger charge is -2.30. The summed E-state index contributed by atoms with van der Waals surface area (Å²) in [5.41, 5.74) is 4.68. The number of fused-ring (bicyclic) bond motifs is 1. The molecule has 5 nitrogen and oxygen atoms in total. The molecular formula is C22H25N5. The number of likely N-dealkylation sites (N-methyl/N-ethyl adjacent to an activating group) is 1. The number of pyridine rings is 1. The first kappa shape index (κ1) is 17.5. The third kappa shape index (κ3) is 3.50. The minimum Gasteiger partial charge on any atom is -0.372 e. The van der Waals surface area contributed by atoms with Crippen LogP contribution in [0.15, 0.2) is 54.9 Å². The predicted octanol–water partition coefficient (Wildman–Crippen LogP) is 3.95. The summed E-state index contributed by atoms with van der Waals surface area (Å²) in [7, 11) is 2.17. The maximum Gasteiger partial charge on any atom is 0.161 e. The molecule has 0 aliphatic carbocycles. The van der Waals surface area contributed by atoms with Gasteiger partial charge in [-0.2, -0.15) is 0 Å². The zero-order valence-corrected chi connectivity index (χ0v) is 16.1. The Bertz CT molecular complexity index is 925. The van der Waals surface area contributed by atoms with Gasteiger partial charge in [-0.1, -0.05) is 25.1 Å². The van der Waals surface area contributed by atoms with Gasteiger partial charge in [0, 0.05) is 61.6 Å². The standard InChI is InChI=1S/C22H25N5/c1-4-19-13-21(25-22(24-19)17-9-11-23-12-10-17)27-15-18-7-5-6-8-20(18)26(3)14-16(27)2/h5-13,16H,4,14-15H2,1-3H3. The first-order valence-electron chi connectivity index (χ1n) is 9.49. The second kappa shape index (κ2) is 7.35. The van der Waals surface area contributed by atoms with E-state index in [0.29, 0.717) is 6.04 Å². The van der Waals surface area contributed by atoms with Gasteiger partial charge in [0.15, 0.2) is 5.82 Å². The summed E-state index contributed by atoms with van der Waals surface area (Å²) in [5, 5.41) is 0. The number of aryl methyl sites for hydroxylation is 1. The lowest BCUT2D eigenvalue weighted by atomic mass is 10.1. The Balaban J connectivity index is 1.78. The molecule has 0 fully saturated rings. The van der Waals surface area contributed by atoms with Crippen LogP contribution in [0.3, 0.4) is 0 Å². The van der Waals surface area contributed by atoms with Crippen molar-refractivity contribution in [3.63, 3.8) is 0 Å². The van der Waals surface area contributed by atoms with Crippen molar-refractivity contribution in [2.24, 2.45) is 0 Å². The van der Waals surface area contributed by atoms with Crippen LogP contribution >= 0.6 is 0 Å². The topological polar surface area (TPSA) is 45.2 Å². The number of hydrogen-bond donors (Lipinski definition) is 0. The smallest absolute Gasteiger partial charge is 0.161 e. The monoisotopic (exact) mass is 359 g/mol. The maximum atomic E-state index is 4.93. The van der Waals surface area contributed by atoms with E-state index in [1.165, 1.54) is 11.3 Å². The largest absolute Gasteiger partial charge is 0.372 e. The molecule has 3 aromatic rings. The third-order valence-electron chi connectivity index (χ3n) is 5.17. The van der Waals surface area contributed by atoms with Gasteiger partial charge in [0.1, 0.15) is 5.82 Å². The van der Waals surface area contributed by atoms with Gasteiger partial charge >= 0.3 is 0 Å². The Hall–Kier alpha value is -2.95. The summed E-state index contributed by atoms with van der Waals surface area (Å²) < 4.78 is 0. The van der Waals surface area contributed by atoms with Gasteiger partial charge < -0.3 is 9.80 Å². The number of para-hydroxylation sites is 1. The van der Waals surface area contributed by atoms with Crippen LogP contribution in [0, 0.1) is 0 Å². The van der Waals surface area contributed by atoms with Crippen molar-refractivity contribution in [1.29, 1.82) is 0 Å². The van der Waals surface area contributed by atoms with Crippen molar-refractivity contribution in [2.45, 2.75) is 32.9 Å². The molecule has 0 N–H and O–H groups in total. The minimum absolute atomic E-state index is 0.340. The maximum absolute atomic E-state index is 4.93. The first-order valence-corrected chi connectivity index (χ1v) is 9.49. The van der Waals surface area contributed by atoms with Crippen LogP contribution in [-0.4, -0.2) is 34.6 Å². The Labute approximate surface area is 160 Å². The van der Waals surface area contributed by atoms with Crippen molar-refractivity contribution in [3.05, 3.63) is 66.1 Å². The van der Waals surface area contributed by atoms with E-state index in [1.807, 2.05) is 12.1 Å². The zero-order valence-electron chi connectivity index (χ0n) is 16.1. The lowest BCUT2D eigenvalue weighted by Crippen LogP contribution is -2.38. The fraction of sp³-hybridized carbons (Fsp3) is 0.318. The Kier molecular flexibility index (Phi) is 4.75. The van der Waals surface area contributed by atoms with Gasteiger partial charge in [-0.15, -0.1) is 0 Å². The lowest BCUT2D eigenvalue weighted by molar-refractivity contribution is 0.635. The zero-order chi connectivity index (χ0) is 18.8. The Morgan fingerprint density at radius 3 is 2.63 bits per heavy atom. The van der Waals surface area contributed by atoms with Gasteiger partial charge in [0.25, 0.3) is 0 Å². The highest BCUT2D eigenvalue weighted by Crippen LogP contribution is 2.30. The number of hydrogen-bond acceptors (Lipinski definition) is 5. The fourth-order valence-corrected chi connectivity index (χ4v) is 3.70. The van der Waals surface area contributed by atoms with Crippen molar-refractivity contribution < 1.29 is 0 Å². The Morgan fingerprint density at radius 1 is 1.07 bits per heavy atom. The number of rotatable bonds is 3. The van der Waals surface area contributed by atoms with Crippen LogP contribution in [0.5, 0.6) is 0 Å². The first-order chi connectivity index (χ1) is 13.2. The molecular weight excluding hydrogens is 334 g/mol. The Morgan fingerprint density at radius 2 is 1.85 bits per heavy atom. The molecule has 2 aromatic heterocycles. The van der Waals surface area contributed by atoms with Gasteiger partial charge in [0.05, 0.1) is 0 Å². The third-order valence-corrected chi connectivity index (χ3v) is 5.17. The molecule has 0 radical (unpaired) electrons. The summed E-state index contributed by atoms with van der Waals surface area (Å²) in [6.45, 7) is 6.20. The van der Waals surface area contributed by atoms with Gasteiger partial charge in [-0.05, 0) is 37.1 Å². The molecule has 1 aliphatic heterocycles. The van der Waals surface area contributed by atoms with Gasteiger partial charge in [-0.3, -0.25) is 4.98 Å². The van der Waals surface area contributed by atoms with E-state index in [4.69, 9.17) is 9.97 Å². The van der Waals surface area contributed by atoms with Gasteiger partial charge in [0.2, 0.25) is 0 Å². The van der Waals surface area contributed by atoms with Crippen LogP contribution in [0.25, 0.3) is 11.4 Å². The van der Waals surface area contributed by atoms with Crippen LogP contribution in [-0.2, 0) is 13.0 Å². The van der Waals surface area contributed by atoms with Crippen LogP contribution < -0.4 is 9.80 Å². The molecule has 0 saturated heterocycles. The number of benzene rings is 1. The molecule has 1 aromatic carbocycles. The van der Waals surface area contributed by atoms with Crippen molar-refractivity contribution in [2.75, 3.05) is 23.4 Å². The molecule has 1 aliphatic rings. The molecule has 3 heterocycles. The molecule has 1 unspecified atom stereocenters. The second-order valence-electron chi connectivity index (χ2n) is 7.12. The summed E-state index contributed by atoms with van der Waals surface area (Å²) in [6, 6.07) is 15.0. The minimum atomic E-state index is 0.340. The van der Waals surface area contributed by atoms with Crippen LogP contribution in [0.1, 0.15) is 25.1 Å². The number of aromatic nitrogens is 3. The van der Waals surface area contributed by atoms with Crippen molar-refractivity contribution >= 4 is 11.5 Å². The van der Waals surface area contributed by atoms with Crippen molar-refractivity contribution in [3.8, 4) is 11.4 Å². The average molecular weight is 359 g/mol. The van der Waals surface area contributed by atoms with Crippen LogP contribution in [0.4, 0.5) is 11.5 Å². The fourth-order valence-electron chi connectivity index (χ4n) is 3.70. The quantitative estimate of drug-likeness (QED) is 0.709. The molecule has 0 saturated carbocycles. The molecule has 138 valence electrons. The van der Waals surface area contributed by atoms with E-state index in [1.54, 1.807) is 12.4 Å². The van der Waals surface area contributed by atoms with E-state index in [0.717, 1.165) is 42.4 Å². The summed E-state index contributed by atoms with van der Waals surface area (Å²) in [4.78, 5) is 18.5. The van der Waals surface area contributed by atoms with Crippen LogP contribution in [0.2, 0.25) is 0 Å².